The van der Waals surface area contributed by atoms with Crippen LogP contribution >= 0.6 is 15.9 Å². The molecular weight excluding hydrogens is 275 g/mol. The number of hydrogen-bond acceptors (Lipinski definition) is 3. The van der Waals surface area contributed by atoms with E-state index in [1.54, 1.807) is 0 Å². The Balaban J connectivity index is 2.66. The molecule has 7 heteroatoms. The first-order valence-corrected chi connectivity index (χ1v) is 5.35. The molecule has 0 saturated carbocycles. The maximum Gasteiger partial charge on any atom is 0.433 e. The van der Waals surface area contributed by atoms with Crippen molar-refractivity contribution in [2.75, 3.05) is 17.2 Å². The quantitative estimate of drug-likeness (QED) is 0.682. The van der Waals surface area contributed by atoms with E-state index in [0.29, 0.717) is 6.54 Å². The van der Waals surface area contributed by atoms with Crippen LogP contribution in [0.25, 0.3) is 0 Å². The molecule has 0 spiro atoms. The van der Waals surface area contributed by atoms with E-state index in [4.69, 9.17) is 0 Å². The van der Waals surface area contributed by atoms with Gasteiger partial charge in [-0.1, -0.05) is 15.9 Å². The molecule has 1 N–H and O–H groups in total. The standard InChI is InChI=1S/C8H9BrF3N3/c9-2-1-3-13-7-4-6(8(10,11)12)14-5-15-7/h4-5H,1-3H2,(H,13,14,15). The van der Waals surface area contributed by atoms with Gasteiger partial charge in [-0.05, 0) is 6.42 Å². The zero-order valence-corrected chi connectivity index (χ0v) is 9.27. The van der Waals surface area contributed by atoms with Gasteiger partial charge in [-0.3, -0.25) is 0 Å². The molecule has 15 heavy (non-hydrogen) atoms. The Morgan fingerprint density at radius 3 is 2.67 bits per heavy atom. The van der Waals surface area contributed by atoms with Gasteiger partial charge in [0.25, 0.3) is 0 Å². The Hall–Kier alpha value is -0.850. The van der Waals surface area contributed by atoms with Crippen LogP contribution in [0.2, 0.25) is 0 Å². The van der Waals surface area contributed by atoms with Crippen LogP contribution < -0.4 is 5.32 Å². The molecule has 0 radical (unpaired) electrons. The summed E-state index contributed by atoms with van der Waals surface area (Å²) in [5.74, 6) is 0.193. The van der Waals surface area contributed by atoms with Gasteiger partial charge in [0, 0.05) is 17.9 Å². The normalized spacial score (nSPS) is 11.5. The molecule has 0 atom stereocenters. The van der Waals surface area contributed by atoms with Crippen molar-refractivity contribution in [1.29, 1.82) is 0 Å². The third-order valence-electron chi connectivity index (χ3n) is 1.57. The number of anilines is 1. The maximum absolute atomic E-state index is 12.2. The van der Waals surface area contributed by atoms with E-state index in [0.717, 1.165) is 24.1 Å². The Kier molecular flexibility index (Phi) is 4.31. The largest absolute Gasteiger partial charge is 0.433 e. The van der Waals surface area contributed by atoms with Crippen molar-refractivity contribution in [2.24, 2.45) is 0 Å². The molecule has 84 valence electrons. The van der Waals surface area contributed by atoms with Gasteiger partial charge in [-0.15, -0.1) is 0 Å². The van der Waals surface area contributed by atoms with E-state index in [9.17, 15) is 13.2 Å². The summed E-state index contributed by atoms with van der Waals surface area (Å²) in [7, 11) is 0. The predicted molar refractivity (Wildman–Crippen MR) is 53.9 cm³/mol. The van der Waals surface area contributed by atoms with E-state index in [-0.39, 0.29) is 5.82 Å². The van der Waals surface area contributed by atoms with Crippen molar-refractivity contribution in [2.45, 2.75) is 12.6 Å². The molecule has 0 aliphatic rings. The first kappa shape index (κ1) is 12.2. The predicted octanol–water partition coefficient (Wildman–Crippen LogP) is 2.69. The summed E-state index contributed by atoms with van der Waals surface area (Å²) < 4.78 is 36.7. The highest BCUT2D eigenvalue weighted by atomic mass is 79.9. The molecule has 1 rings (SSSR count). The first-order valence-electron chi connectivity index (χ1n) is 4.23. The molecule has 3 nitrogen and oxygen atoms in total. The minimum Gasteiger partial charge on any atom is -0.370 e. The van der Waals surface area contributed by atoms with E-state index in [1.165, 1.54) is 0 Å². The van der Waals surface area contributed by atoms with Gasteiger partial charge in [0.05, 0.1) is 0 Å². The summed E-state index contributed by atoms with van der Waals surface area (Å²) in [4.78, 5) is 6.84. The molecule has 0 saturated heterocycles. The van der Waals surface area contributed by atoms with Crippen molar-refractivity contribution >= 4 is 21.7 Å². The lowest BCUT2D eigenvalue weighted by Gasteiger charge is -2.07. The minimum atomic E-state index is -4.42. The molecule has 0 bridgehead atoms. The van der Waals surface area contributed by atoms with Crippen LogP contribution in [0.15, 0.2) is 12.4 Å². The molecule has 1 heterocycles. The smallest absolute Gasteiger partial charge is 0.370 e. The number of nitrogens with one attached hydrogen (secondary N) is 1. The van der Waals surface area contributed by atoms with Crippen molar-refractivity contribution in [3.05, 3.63) is 18.1 Å². The second-order valence-electron chi connectivity index (χ2n) is 2.76. The SMILES string of the molecule is FC(F)(F)c1cc(NCCCBr)ncn1. The Bertz CT molecular complexity index is 316. The third kappa shape index (κ3) is 4.03. The lowest BCUT2D eigenvalue weighted by Crippen LogP contribution is -2.10. The van der Waals surface area contributed by atoms with Gasteiger partial charge in [0.15, 0.2) is 0 Å². The zero-order chi connectivity index (χ0) is 11.3. The third-order valence-corrected chi connectivity index (χ3v) is 2.13. The van der Waals surface area contributed by atoms with E-state index in [1.807, 2.05) is 0 Å². The van der Waals surface area contributed by atoms with Crippen LogP contribution in [-0.4, -0.2) is 21.8 Å². The van der Waals surface area contributed by atoms with Crippen molar-refractivity contribution in [3.8, 4) is 0 Å². The maximum atomic E-state index is 12.2. The van der Waals surface area contributed by atoms with Crippen LogP contribution in [-0.2, 0) is 6.18 Å². The van der Waals surface area contributed by atoms with E-state index < -0.39 is 11.9 Å². The highest BCUT2D eigenvalue weighted by molar-refractivity contribution is 9.09. The number of nitrogens with zero attached hydrogens (tertiary/aromatic N) is 2. The minimum absolute atomic E-state index is 0.193. The highest BCUT2D eigenvalue weighted by Crippen LogP contribution is 2.27. The average Bonchev–Trinajstić information content (AvgIpc) is 2.17. The number of halogens is 4. The van der Waals surface area contributed by atoms with E-state index in [2.05, 4.69) is 31.2 Å². The summed E-state index contributed by atoms with van der Waals surface area (Å²) in [6.45, 7) is 0.569. The molecule has 0 aliphatic heterocycles. The fourth-order valence-electron chi connectivity index (χ4n) is 0.892. The Morgan fingerprint density at radius 1 is 1.33 bits per heavy atom. The number of hydrogen-bond donors (Lipinski definition) is 1. The first-order chi connectivity index (χ1) is 7.04. The number of alkyl halides is 4. The molecular formula is C8H9BrF3N3. The fourth-order valence-corrected chi connectivity index (χ4v) is 1.17. The van der Waals surface area contributed by atoms with Gasteiger partial charge >= 0.3 is 6.18 Å². The average molecular weight is 284 g/mol. The Labute approximate surface area is 93.2 Å². The molecule has 1 aromatic rings. The molecule has 0 amide bonds. The van der Waals surface area contributed by atoms with Crippen LogP contribution in [0, 0.1) is 0 Å². The molecule has 0 unspecified atom stereocenters. The molecule has 1 aromatic heterocycles. The van der Waals surface area contributed by atoms with Gasteiger partial charge in [-0.25, -0.2) is 9.97 Å². The summed E-state index contributed by atoms with van der Waals surface area (Å²) in [6.07, 6.45) is -2.71. The monoisotopic (exact) mass is 283 g/mol. The summed E-state index contributed by atoms with van der Waals surface area (Å²) in [5.41, 5.74) is -0.932. The van der Waals surface area contributed by atoms with Crippen molar-refractivity contribution in [1.82, 2.24) is 9.97 Å². The van der Waals surface area contributed by atoms with Gasteiger partial charge < -0.3 is 5.32 Å². The molecule has 0 fully saturated rings. The van der Waals surface area contributed by atoms with Crippen LogP contribution in [0.5, 0.6) is 0 Å². The van der Waals surface area contributed by atoms with Crippen molar-refractivity contribution in [3.63, 3.8) is 0 Å². The van der Waals surface area contributed by atoms with Gasteiger partial charge in [0.2, 0.25) is 0 Å². The molecule has 0 aromatic carbocycles. The van der Waals surface area contributed by atoms with Crippen LogP contribution in [0.4, 0.5) is 19.0 Å². The summed E-state index contributed by atoms with van der Waals surface area (Å²) >= 11 is 3.22. The summed E-state index contributed by atoms with van der Waals surface area (Å²) in [5, 5.41) is 3.57. The van der Waals surface area contributed by atoms with Gasteiger partial charge in [0.1, 0.15) is 17.8 Å². The topological polar surface area (TPSA) is 37.8 Å². The lowest BCUT2D eigenvalue weighted by molar-refractivity contribution is -0.141. The summed E-state index contributed by atoms with van der Waals surface area (Å²) in [6, 6.07) is 0.897. The van der Waals surface area contributed by atoms with Crippen LogP contribution in [0.1, 0.15) is 12.1 Å². The zero-order valence-electron chi connectivity index (χ0n) is 7.68. The Morgan fingerprint density at radius 2 is 2.07 bits per heavy atom. The second-order valence-corrected chi connectivity index (χ2v) is 3.55. The van der Waals surface area contributed by atoms with E-state index >= 15 is 0 Å². The fraction of sp³-hybridized carbons (Fsp3) is 0.500. The second kappa shape index (κ2) is 5.29. The lowest BCUT2D eigenvalue weighted by atomic mass is 10.3. The highest BCUT2D eigenvalue weighted by Gasteiger charge is 2.32. The van der Waals surface area contributed by atoms with Gasteiger partial charge in [-0.2, -0.15) is 13.2 Å². The number of rotatable bonds is 4. The van der Waals surface area contributed by atoms with Crippen molar-refractivity contribution < 1.29 is 13.2 Å². The number of aromatic nitrogens is 2. The van der Waals surface area contributed by atoms with Crippen LogP contribution in [0.3, 0.4) is 0 Å². The molecule has 0 aliphatic carbocycles.